The second kappa shape index (κ2) is 14.3. The Bertz CT molecular complexity index is 1620. The number of rotatable bonds is 7. The summed E-state index contributed by atoms with van der Waals surface area (Å²) in [6.45, 7) is 6.32. The van der Waals surface area contributed by atoms with E-state index in [0.717, 1.165) is 22.4 Å². The highest BCUT2D eigenvalue weighted by Gasteiger charge is 2.73. The van der Waals surface area contributed by atoms with Gasteiger partial charge in [0.15, 0.2) is 0 Å². The van der Waals surface area contributed by atoms with E-state index in [-0.39, 0.29) is 43.8 Å². The molecule has 2 aromatic rings. The van der Waals surface area contributed by atoms with Crippen molar-refractivity contribution in [2.75, 3.05) is 31.6 Å². The van der Waals surface area contributed by atoms with Crippen molar-refractivity contribution in [1.82, 2.24) is 9.80 Å². The SMILES string of the molecule is Cc1cccc(C)c1N1C/C=C\CCC(=O)N(C)[C@@H](C)[C@H](c2ccccc2)OC(=O)[C@@H]2[C@H]3C(=O)N(CCCCCO)[C@H](C1=O)[C@]31C=C[C@H]2O1. The van der Waals surface area contributed by atoms with Gasteiger partial charge in [-0.25, -0.2) is 0 Å². The van der Waals surface area contributed by atoms with Crippen LogP contribution in [-0.2, 0) is 28.7 Å². The minimum Gasteiger partial charge on any atom is -0.455 e. The number of hydrogen-bond acceptors (Lipinski definition) is 7. The maximum Gasteiger partial charge on any atom is 0.313 e. The molecule has 0 aliphatic carbocycles. The first kappa shape index (κ1) is 34.6. The molecule has 4 aliphatic rings. The number of carbonyl (C=O) groups excluding carboxylic acids is 4. The summed E-state index contributed by atoms with van der Waals surface area (Å²) in [4.78, 5) is 62.4. The molecule has 2 saturated heterocycles. The van der Waals surface area contributed by atoms with Gasteiger partial charge in [0, 0.05) is 38.9 Å². The molecule has 0 aromatic heterocycles. The number of likely N-dealkylation sites (N-methyl/N-ethyl adjacent to an activating group) is 1. The average molecular weight is 670 g/mol. The lowest BCUT2D eigenvalue weighted by Crippen LogP contribution is -2.56. The Morgan fingerprint density at radius 3 is 2.37 bits per heavy atom. The molecule has 260 valence electrons. The first-order chi connectivity index (χ1) is 23.6. The maximum atomic E-state index is 15.1. The van der Waals surface area contributed by atoms with Gasteiger partial charge in [-0.2, -0.15) is 0 Å². The molecule has 10 heteroatoms. The van der Waals surface area contributed by atoms with Gasteiger partial charge in [-0.1, -0.05) is 72.8 Å². The number of para-hydroxylation sites is 1. The van der Waals surface area contributed by atoms with Crippen molar-refractivity contribution in [3.63, 3.8) is 0 Å². The minimum atomic E-state index is -1.35. The summed E-state index contributed by atoms with van der Waals surface area (Å²) in [6, 6.07) is 13.7. The molecule has 5 bridgehead atoms. The molecule has 49 heavy (non-hydrogen) atoms. The summed E-state index contributed by atoms with van der Waals surface area (Å²) < 4.78 is 12.9. The van der Waals surface area contributed by atoms with Crippen molar-refractivity contribution in [1.29, 1.82) is 0 Å². The van der Waals surface area contributed by atoms with Gasteiger partial charge in [0.2, 0.25) is 11.8 Å². The zero-order valence-electron chi connectivity index (χ0n) is 28.8. The molecule has 3 amide bonds. The van der Waals surface area contributed by atoms with E-state index in [0.29, 0.717) is 25.7 Å². The van der Waals surface area contributed by atoms with Crippen LogP contribution in [0.4, 0.5) is 5.69 Å². The molecular formula is C39H47N3O7. The van der Waals surface area contributed by atoms with Gasteiger partial charge in [0.25, 0.3) is 5.91 Å². The van der Waals surface area contributed by atoms with Crippen molar-refractivity contribution in [2.45, 2.75) is 82.8 Å². The molecule has 0 unspecified atom stereocenters. The van der Waals surface area contributed by atoms with Gasteiger partial charge in [-0.15, -0.1) is 0 Å². The maximum absolute atomic E-state index is 15.1. The molecule has 0 saturated carbocycles. The van der Waals surface area contributed by atoms with Crippen LogP contribution in [-0.4, -0.2) is 89.1 Å². The van der Waals surface area contributed by atoms with E-state index in [1.165, 1.54) is 0 Å². The number of aliphatic hydroxyl groups excluding tert-OH is 1. The van der Waals surface area contributed by atoms with Gasteiger partial charge in [-0.05, 0) is 63.1 Å². The van der Waals surface area contributed by atoms with Crippen LogP contribution in [0.1, 0.15) is 61.8 Å². The lowest BCUT2D eigenvalue weighted by Gasteiger charge is -2.36. The minimum absolute atomic E-state index is 0.0405. The number of cyclic esters (lactones) is 1. The lowest BCUT2D eigenvalue weighted by molar-refractivity contribution is -0.164. The normalized spacial score (nSPS) is 31.0. The number of fused-ring (bicyclic) bond motifs is 2. The molecule has 2 aromatic carbocycles. The first-order valence-corrected chi connectivity index (χ1v) is 17.4. The molecule has 6 rings (SSSR count). The van der Waals surface area contributed by atoms with Crippen molar-refractivity contribution in [3.05, 3.63) is 89.5 Å². The highest BCUT2D eigenvalue weighted by atomic mass is 16.6. The molecule has 4 aliphatic heterocycles. The van der Waals surface area contributed by atoms with Crippen LogP contribution in [0.25, 0.3) is 0 Å². The van der Waals surface area contributed by atoms with Gasteiger partial charge in [0.1, 0.15) is 23.7 Å². The Morgan fingerprint density at radius 2 is 1.65 bits per heavy atom. The fraction of sp³-hybridized carbons (Fsp3) is 0.487. The molecule has 1 spiro atoms. The quantitative estimate of drug-likeness (QED) is 0.264. The summed E-state index contributed by atoms with van der Waals surface area (Å²) in [5.74, 6) is -3.24. The van der Waals surface area contributed by atoms with E-state index in [4.69, 9.17) is 9.47 Å². The monoisotopic (exact) mass is 669 g/mol. The topological polar surface area (TPSA) is 117 Å². The Hall–Kier alpha value is -4.28. The van der Waals surface area contributed by atoms with Gasteiger partial charge in [0.05, 0.1) is 18.1 Å². The van der Waals surface area contributed by atoms with E-state index in [9.17, 15) is 19.5 Å². The number of anilines is 1. The number of aliphatic hydroxyl groups is 1. The zero-order chi connectivity index (χ0) is 34.9. The number of unbranched alkanes of at least 4 members (excludes halogenated alkanes) is 2. The van der Waals surface area contributed by atoms with Crippen LogP contribution >= 0.6 is 0 Å². The fourth-order valence-electron chi connectivity index (χ4n) is 8.10. The van der Waals surface area contributed by atoms with E-state index in [1.807, 2.05) is 87.5 Å². The Morgan fingerprint density at radius 1 is 0.918 bits per heavy atom. The second-order valence-corrected chi connectivity index (χ2v) is 13.7. The van der Waals surface area contributed by atoms with E-state index < -0.39 is 47.7 Å². The smallest absolute Gasteiger partial charge is 0.313 e. The number of amides is 3. The number of allylic oxidation sites excluding steroid dienone is 1. The number of benzene rings is 2. The molecule has 10 nitrogen and oxygen atoms in total. The van der Waals surface area contributed by atoms with Crippen LogP contribution in [0.15, 0.2) is 72.8 Å². The van der Waals surface area contributed by atoms with E-state index in [2.05, 4.69) is 0 Å². The zero-order valence-corrected chi connectivity index (χ0v) is 28.8. The van der Waals surface area contributed by atoms with Gasteiger partial charge >= 0.3 is 5.97 Å². The number of ether oxygens (including phenoxy) is 2. The fourth-order valence-corrected chi connectivity index (χ4v) is 8.10. The summed E-state index contributed by atoms with van der Waals surface area (Å²) >= 11 is 0. The van der Waals surface area contributed by atoms with Crippen LogP contribution in [0.5, 0.6) is 0 Å². The van der Waals surface area contributed by atoms with Gasteiger partial charge in [-0.3, -0.25) is 19.2 Å². The predicted molar refractivity (Wildman–Crippen MR) is 184 cm³/mol. The van der Waals surface area contributed by atoms with Crippen molar-refractivity contribution < 1.29 is 33.8 Å². The van der Waals surface area contributed by atoms with Crippen molar-refractivity contribution >= 4 is 29.4 Å². The highest BCUT2D eigenvalue weighted by molar-refractivity contribution is 6.06. The number of hydrogen-bond donors (Lipinski definition) is 1. The third-order valence-electron chi connectivity index (χ3n) is 10.7. The highest BCUT2D eigenvalue weighted by Crippen LogP contribution is 2.56. The summed E-state index contributed by atoms with van der Waals surface area (Å²) in [7, 11) is 1.72. The van der Waals surface area contributed by atoms with Crippen LogP contribution < -0.4 is 4.90 Å². The standard InChI is InChI=1S/C39H47N3O7/c1-25-15-14-16-26(2)33(25)41-22-11-6-10-19-30(44)40(4)27(3)34(28-17-8-5-9-18-28)48-38(47)31-29-20-21-39(49-29)32(31)36(45)42(35(39)37(41)46)23-12-7-13-24-43/h5-6,8-9,11,14-18,20-21,27,29,31-32,34-35,43H,7,10,12-13,19,22-24H2,1-4H3/b11-6-/t27-,29+,31-,32-,34+,35+,39-/m0/s1. The van der Waals surface area contributed by atoms with Crippen LogP contribution in [0, 0.1) is 25.7 Å². The first-order valence-electron chi connectivity index (χ1n) is 17.4. The molecule has 7 atom stereocenters. The number of likely N-dealkylation sites (tertiary alicyclic amines) is 1. The van der Waals surface area contributed by atoms with Crippen LogP contribution in [0.2, 0.25) is 0 Å². The molecule has 1 N–H and O–H groups in total. The van der Waals surface area contributed by atoms with Crippen molar-refractivity contribution in [3.8, 4) is 0 Å². The second-order valence-electron chi connectivity index (χ2n) is 13.7. The predicted octanol–water partition coefficient (Wildman–Crippen LogP) is 4.43. The number of aryl methyl sites for hydroxylation is 2. The Balaban J connectivity index is 1.46. The third-order valence-corrected chi connectivity index (χ3v) is 10.7. The summed E-state index contributed by atoms with van der Waals surface area (Å²) in [6.07, 6.45) is 8.43. The molecule has 0 radical (unpaired) electrons. The molecular weight excluding hydrogens is 622 g/mol. The van der Waals surface area contributed by atoms with E-state index >= 15 is 4.79 Å². The molecule has 4 heterocycles. The molecule has 2 fully saturated rings. The van der Waals surface area contributed by atoms with Crippen LogP contribution in [0.3, 0.4) is 0 Å². The Labute approximate surface area is 288 Å². The summed E-state index contributed by atoms with van der Waals surface area (Å²) in [5, 5.41) is 9.41. The van der Waals surface area contributed by atoms with Gasteiger partial charge < -0.3 is 29.3 Å². The number of nitrogens with zero attached hydrogens (tertiary/aromatic N) is 3. The third kappa shape index (κ3) is 6.21. The number of esters is 1. The van der Waals surface area contributed by atoms with E-state index in [1.54, 1.807) is 27.8 Å². The lowest BCUT2D eigenvalue weighted by atomic mass is 9.74. The summed E-state index contributed by atoms with van der Waals surface area (Å²) in [5.41, 5.74) is 1.95. The van der Waals surface area contributed by atoms with Crippen molar-refractivity contribution in [2.24, 2.45) is 11.8 Å². The largest absolute Gasteiger partial charge is 0.455 e. The average Bonchev–Trinajstić information content (AvgIpc) is 3.74. The Kier molecular flexibility index (Phi) is 10.1. The number of carbonyl (C=O) groups is 4.